The van der Waals surface area contributed by atoms with Crippen molar-refractivity contribution in [3.8, 4) is 16.9 Å². The molecule has 1 atom stereocenters. The number of hydrogen-bond donors (Lipinski definition) is 2. The molecule has 0 radical (unpaired) electrons. The molecule has 1 aliphatic rings. The first-order valence-electron chi connectivity index (χ1n) is 16.6. The maximum atomic E-state index is 13.3. The molecule has 5 rings (SSSR count). The van der Waals surface area contributed by atoms with Crippen LogP contribution in [-0.4, -0.2) is 46.3 Å². The highest BCUT2D eigenvalue weighted by Crippen LogP contribution is 2.47. The zero-order chi connectivity index (χ0) is 34.6. The number of carboxylic acids is 1. The SMILES string of the molecule is Cc1ccncc1Nc1nc(C)c([C@H](OC(C)(C)C)C(=O)O)c(N2CCC(C)(C)CC2)c1-c1ccc(OCCc2ccc(F)cc2)cc1. The topological polar surface area (TPSA) is 96.8 Å². The fourth-order valence-corrected chi connectivity index (χ4v) is 6.01. The fourth-order valence-electron chi connectivity index (χ4n) is 6.01. The summed E-state index contributed by atoms with van der Waals surface area (Å²) >= 11 is 0. The molecule has 9 heteroatoms. The number of hydrogen-bond acceptors (Lipinski definition) is 7. The Morgan fingerprint density at radius 3 is 2.31 bits per heavy atom. The second-order valence-corrected chi connectivity index (χ2v) is 14.3. The second kappa shape index (κ2) is 14.3. The van der Waals surface area contributed by atoms with Gasteiger partial charge in [-0.15, -0.1) is 0 Å². The van der Waals surface area contributed by atoms with Gasteiger partial charge in [-0.05, 0) is 99.9 Å². The van der Waals surface area contributed by atoms with Crippen LogP contribution < -0.4 is 15.0 Å². The molecule has 0 aliphatic carbocycles. The lowest BCUT2D eigenvalue weighted by Gasteiger charge is -2.41. The van der Waals surface area contributed by atoms with Gasteiger partial charge in [-0.2, -0.15) is 0 Å². The number of carboxylic acid groups (broad SMARTS) is 1. The van der Waals surface area contributed by atoms with Crippen LogP contribution in [0.2, 0.25) is 0 Å². The van der Waals surface area contributed by atoms with E-state index in [9.17, 15) is 14.3 Å². The lowest BCUT2D eigenvalue weighted by Crippen LogP contribution is -2.39. The Morgan fingerprint density at radius 2 is 1.71 bits per heavy atom. The molecule has 254 valence electrons. The van der Waals surface area contributed by atoms with Gasteiger partial charge in [0.1, 0.15) is 17.4 Å². The van der Waals surface area contributed by atoms with Crippen molar-refractivity contribution in [3.63, 3.8) is 0 Å². The van der Waals surface area contributed by atoms with Gasteiger partial charge < -0.3 is 24.8 Å². The molecule has 8 nitrogen and oxygen atoms in total. The number of carbonyl (C=O) groups is 1. The summed E-state index contributed by atoms with van der Waals surface area (Å²) in [6, 6.07) is 16.2. The molecule has 3 heterocycles. The molecule has 2 aromatic heterocycles. The number of rotatable bonds is 11. The van der Waals surface area contributed by atoms with Crippen LogP contribution in [0.3, 0.4) is 0 Å². The number of nitrogens with one attached hydrogen (secondary N) is 1. The van der Waals surface area contributed by atoms with Crippen molar-refractivity contribution in [2.24, 2.45) is 5.41 Å². The van der Waals surface area contributed by atoms with Gasteiger partial charge >= 0.3 is 5.97 Å². The molecular formula is C39H47FN4O4. The van der Waals surface area contributed by atoms with Crippen molar-refractivity contribution in [2.45, 2.75) is 79.4 Å². The summed E-state index contributed by atoms with van der Waals surface area (Å²) < 4.78 is 25.7. The van der Waals surface area contributed by atoms with Crippen LogP contribution in [-0.2, 0) is 16.0 Å². The molecule has 1 fully saturated rings. The van der Waals surface area contributed by atoms with E-state index in [1.165, 1.54) is 12.1 Å². The van der Waals surface area contributed by atoms with Gasteiger partial charge in [-0.1, -0.05) is 38.1 Å². The third kappa shape index (κ3) is 8.50. The fraction of sp³-hybridized carbons (Fsp3) is 0.410. The number of ether oxygens (including phenoxy) is 2. The molecule has 1 saturated heterocycles. The van der Waals surface area contributed by atoms with Gasteiger partial charge in [0.2, 0.25) is 0 Å². The minimum atomic E-state index is -1.23. The Balaban J connectivity index is 1.63. The van der Waals surface area contributed by atoms with E-state index in [1.54, 1.807) is 24.5 Å². The van der Waals surface area contributed by atoms with Crippen LogP contribution in [0.15, 0.2) is 67.0 Å². The number of piperidine rings is 1. The van der Waals surface area contributed by atoms with Gasteiger partial charge in [-0.25, -0.2) is 14.2 Å². The summed E-state index contributed by atoms with van der Waals surface area (Å²) in [6.07, 6.45) is 4.84. The third-order valence-corrected chi connectivity index (χ3v) is 8.80. The third-order valence-electron chi connectivity index (χ3n) is 8.80. The van der Waals surface area contributed by atoms with Crippen LogP contribution in [0.25, 0.3) is 11.1 Å². The predicted molar refractivity (Wildman–Crippen MR) is 189 cm³/mol. The zero-order valence-corrected chi connectivity index (χ0v) is 29.1. The molecule has 0 saturated carbocycles. The molecule has 2 N–H and O–H groups in total. The first-order valence-corrected chi connectivity index (χ1v) is 16.6. The van der Waals surface area contributed by atoms with Gasteiger partial charge in [0.15, 0.2) is 6.10 Å². The lowest BCUT2D eigenvalue weighted by molar-refractivity contribution is -0.160. The van der Waals surface area contributed by atoms with Crippen LogP contribution in [0.4, 0.5) is 21.6 Å². The monoisotopic (exact) mass is 654 g/mol. The average molecular weight is 655 g/mol. The van der Waals surface area contributed by atoms with E-state index in [-0.39, 0.29) is 11.2 Å². The molecule has 1 aliphatic heterocycles. The summed E-state index contributed by atoms with van der Waals surface area (Å²) in [7, 11) is 0. The van der Waals surface area contributed by atoms with Crippen LogP contribution in [0.5, 0.6) is 5.75 Å². The normalized spacial score (nSPS) is 15.2. The largest absolute Gasteiger partial charge is 0.493 e. The number of aromatic nitrogens is 2. The Morgan fingerprint density at radius 1 is 1.04 bits per heavy atom. The van der Waals surface area contributed by atoms with E-state index in [1.807, 2.05) is 65.0 Å². The number of benzene rings is 2. The highest BCUT2D eigenvalue weighted by atomic mass is 19.1. The highest BCUT2D eigenvalue weighted by molar-refractivity contribution is 5.93. The van der Waals surface area contributed by atoms with Crippen molar-refractivity contribution in [1.29, 1.82) is 0 Å². The van der Waals surface area contributed by atoms with E-state index in [0.717, 1.165) is 59.6 Å². The van der Waals surface area contributed by atoms with Gasteiger partial charge in [0.25, 0.3) is 0 Å². The van der Waals surface area contributed by atoms with Crippen molar-refractivity contribution < 1.29 is 23.8 Å². The van der Waals surface area contributed by atoms with Crippen LogP contribution >= 0.6 is 0 Å². The maximum Gasteiger partial charge on any atom is 0.337 e. The maximum absolute atomic E-state index is 13.3. The van der Waals surface area contributed by atoms with Crippen molar-refractivity contribution in [3.05, 3.63) is 95.2 Å². The van der Waals surface area contributed by atoms with Crippen LogP contribution in [0.1, 0.15) is 75.9 Å². The molecule has 48 heavy (non-hydrogen) atoms. The Kier molecular flexibility index (Phi) is 10.4. The number of aryl methyl sites for hydroxylation is 2. The van der Waals surface area contributed by atoms with Crippen molar-refractivity contribution in [1.82, 2.24) is 9.97 Å². The summed E-state index contributed by atoms with van der Waals surface area (Å²) in [6.45, 7) is 16.0. The molecular weight excluding hydrogens is 607 g/mol. The molecule has 2 aromatic carbocycles. The molecule has 0 spiro atoms. The smallest absolute Gasteiger partial charge is 0.337 e. The Bertz CT molecular complexity index is 1720. The predicted octanol–water partition coefficient (Wildman–Crippen LogP) is 8.83. The summed E-state index contributed by atoms with van der Waals surface area (Å²) in [4.78, 5) is 24.7. The standard InChI is InChI=1S/C39H47FN4O4/c1-25-16-20-41-24-31(25)43-36-33(28-10-14-30(15-11-28)47-23-17-27-8-12-29(40)13-9-27)34(44-21-18-39(6,7)19-22-44)32(26(2)42-36)35(37(45)46)48-38(3,4)5/h8-16,20,24,35H,17-19,21-23H2,1-7H3,(H,42,43)(H,45,46)/t35-/m0/s1. The van der Waals surface area contributed by atoms with E-state index in [4.69, 9.17) is 14.5 Å². The number of halogens is 1. The van der Waals surface area contributed by atoms with Gasteiger partial charge in [-0.3, -0.25) is 4.98 Å². The highest BCUT2D eigenvalue weighted by Gasteiger charge is 2.37. The zero-order valence-electron chi connectivity index (χ0n) is 29.1. The molecule has 4 aromatic rings. The second-order valence-electron chi connectivity index (χ2n) is 14.3. The quantitative estimate of drug-likeness (QED) is 0.166. The summed E-state index contributed by atoms with van der Waals surface area (Å²) in [5.74, 6) is -0.0199. The number of pyridine rings is 2. The first-order chi connectivity index (χ1) is 22.7. The molecule has 0 unspecified atom stereocenters. The minimum absolute atomic E-state index is 0.174. The van der Waals surface area contributed by atoms with E-state index in [2.05, 4.69) is 29.0 Å². The molecule has 0 amide bonds. The van der Waals surface area contributed by atoms with E-state index >= 15 is 0 Å². The summed E-state index contributed by atoms with van der Waals surface area (Å²) in [5.41, 5.74) is 5.87. The van der Waals surface area contributed by atoms with Gasteiger partial charge in [0.05, 0.1) is 29.8 Å². The first kappa shape index (κ1) is 34.8. The van der Waals surface area contributed by atoms with E-state index < -0.39 is 17.7 Å². The van der Waals surface area contributed by atoms with Gasteiger partial charge in [0, 0.05) is 42.5 Å². The van der Waals surface area contributed by atoms with E-state index in [0.29, 0.717) is 35.9 Å². The molecule has 0 bridgehead atoms. The Labute approximate surface area is 283 Å². The summed E-state index contributed by atoms with van der Waals surface area (Å²) in [5, 5.41) is 14.2. The Hall–Kier alpha value is -4.50. The average Bonchev–Trinajstić information content (AvgIpc) is 3.02. The lowest BCUT2D eigenvalue weighted by atomic mass is 9.82. The van der Waals surface area contributed by atoms with Crippen LogP contribution in [0, 0.1) is 25.1 Å². The number of anilines is 3. The van der Waals surface area contributed by atoms with Crippen molar-refractivity contribution >= 4 is 23.2 Å². The number of nitrogens with zero attached hydrogens (tertiary/aromatic N) is 3. The van der Waals surface area contributed by atoms with Crippen molar-refractivity contribution in [2.75, 3.05) is 29.9 Å². The number of aliphatic carboxylic acids is 1. The minimum Gasteiger partial charge on any atom is -0.493 e.